The Labute approximate surface area is 175 Å². The smallest absolute Gasteiger partial charge is 0.200 e. The highest BCUT2D eigenvalue weighted by Crippen LogP contribution is 2.39. The summed E-state index contributed by atoms with van der Waals surface area (Å²) in [6.07, 6.45) is -1.62. The van der Waals surface area contributed by atoms with E-state index in [-0.39, 0.29) is 33.7 Å². The molecule has 0 aliphatic carbocycles. The fourth-order valence-corrected chi connectivity index (χ4v) is 3.10. The van der Waals surface area contributed by atoms with Crippen LogP contribution in [0, 0.1) is 11.6 Å². The molecule has 0 radical (unpaired) electrons. The van der Waals surface area contributed by atoms with Crippen LogP contribution < -0.4 is 10.5 Å². The average Bonchev–Trinajstić information content (AvgIpc) is 2.72. The predicted molar refractivity (Wildman–Crippen MR) is 107 cm³/mol. The zero-order valence-electron chi connectivity index (χ0n) is 15.1. The Morgan fingerprint density at radius 1 is 1.10 bits per heavy atom. The van der Waals surface area contributed by atoms with E-state index in [4.69, 9.17) is 38.4 Å². The molecule has 1 aromatic heterocycles. The van der Waals surface area contributed by atoms with Crippen molar-refractivity contribution < 1.29 is 23.4 Å². The first-order valence-electron chi connectivity index (χ1n) is 8.35. The van der Waals surface area contributed by atoms with Crippen LogP contribution in [0.2, 0.25) is 10.0 Å². The van der Waals surface area contributed by atoms with Crippen molar-refractivity contribution in [3.63, 3.8) is 0 Å². The first-order chi connectivity index (χ1) is 13.8. The molecular weight excluding hydrogens is 425 g/mol. The lowest BCUT2D eigenvalue weighted by Crippen LogP contribution is -2.11. The number of aliphatic hydroxyl groups excluding tert-OH is 1. The molecule has 152 valence electrons. The number of ether oxygens (including phenoxy) is 2. The average molecular weight is 441 g/mol. The first-order valence-corrected chi connectivity index (χ1v) is 9.11. The van der Waals surface area contributed by atoms with E-state index in [9.17, 15) is 13.9 Å². The Hall–Kier alpha value is -2.45. The molecule has 29 heavy (non-hydrogen) atoms. The maximum absolute atomic E-state index is 14.8. The van der Waals surface area contributed by atoms with E-state index in [1.807, 2.05) is 6.07 Å². The number of rotatable bonds is 6. The second-order valence-corrected chi connectivity index (χ2v) is 6.76. The number of pyridine rings is 1. The van der Waals surface area contributed by atoms with Gasteiger partial charge in [-0.15, -0.1) is 0 Å². The molecule has 2 aromatic carbocycles. The molecule has 0 spiro atoms. The molecule has 0 saturated carbocycles. The van der Waals surface area contributed by atoms with Gasteiger partial charge in [0.15, 0.2) is 17.4 Å². The molecule has 3 N–H and O–H groups in total. The van der Waals surface area contributed by atoms with E-state index in [2.05, 4.69) is 4.98 Å². The Balaban J connectivity index is 2.02. The summed E-state index contributed by atoms with van der Waals surface area (Å²) in [7, 11) is 1.22. The minimum absolute atomic E-state index is 0.00236. The second-order valence-electron chi connectivity index (χ2n) is 5.98. The van der Waals surface area contributed by atoms with Crippen molar-refractivity contribution in [3.05, 3.63) is 75.4 Å². The Morgan fingerprint density at radius 3 is 2.45 bits per heavy atom. The molecular formula is C20H16Cl2F2N2O3. The van der Waals surface area contributed by atoms with Gasteiger partial charge in [-0.1, -0.05) is 53.5 Å². The summed E-state index contributed by atoms with van der Waals surface area (Å²) < 4.78 is 39.7. The van der Waals surface area contributed by atoms with Crippen LogP contribution in [-0.2, 0) is 11.3 Å². The fourth-order valence-electron chi connectivity index (χ4n) is 2.65. The maximum atomic E-state index is 14.8. The lowest BCUT2D eigenvalue weighted by molar-refractivity contribution is -0.114. The molecule has 0 fully saturated rings. The molecule has 0 aliphatic rings. The number of aliphatic hydroxyl groups is 1. The summed E-state index contributed by atoms with van der Waals surface area (Å²) in [5.41, 5.74) is 5.04. The lowest BCUT2D eigenvalue weighted by atomic mass is 10.1. The standard InChI is InChI=1S/C20H16Cl2F2N2O3/c1-28-19-12(21)8-7-11(14(19)23)17-15(24)16(25)13(22)18(26-17)20(27)29-9-10-5-3-2-4-6-10/h2-8,20,27H,9H2,1H3,(H2,25,26). The van der Waals surface area contributed by atoms with Crippen LogP contribution in [0.15, 0.2) is 42.5 Å². The lowest BCUT2D eigenvalue weighted by Gasteiger charge is -2.17. The van der Waals surface area contributed by atoms with Crippen molar-refractivity contribution in [2.75, 3.05) is 12.8 Å². The Bertz CT molecular complexity index is 1040. The number of methoxy groups -OCH3 is 1. The summed E-state index contributed by atoms with van der Waals surface area (Å²) in [4.78, 5) is 3.98. The molecule has 0 aliphatic heterocycles. The summed E-state index contributed by atoms with van der Waals surface area (Å²) in [6.45, 7) is 0.0375. The third kappa shape index (κ3) is 4.28. The molecule has 0 saturated heterocycles. The van der Waals surface area contributed by atoms with Crippen LogP contribution in [0.5, 0.6) is 5.75 Å². The number of halogens is 4. The Morgan fingerprint density at radius 2 is 1.79 bits per heavy atom. The molecule has 1 atom stereocenters. The van der Waals surface area contributed by atoms with Gasteiger partial charge in [-0.25, -0.2) is 13.8 Å². The van der Waals surface area contributed by atoms with Crippen molar-refractivity contribution in [2.24, 2.45) is 0 Å². The Kier molecular flexibility index (Phi) is 6.54. The molecule has 3 rings (SSSR count). The number of benzene rings is 2. The van der Waals surface area contributed by atoms with Gasteiger partial charge in [0.2, 0.25) is 6.29 Å². The van der Waals surface area contributed by atoms with Crippen LogP contribution in [-0.4, -0.2) is 17.2 Å². The molecule has 5 nitrogen and oxygen atoms in total. The van der Waals surface area contributed by atoms with Crippen molar-refractivity contribution in [1.29, 1.82) is 0 Å². The molecule has 1 heterocycles. The number of nitrogen functional groups attached to an aromatic ring is 1. The van der Waals surface area contributed by atoms with Crippen LogP contribution in [0.4, 0.5) is 14.5 Å². The van der Waals surface area contributed by atoms with Crippen molar-refractivity contribution in [1.82, 2.24) is 4.98 Å². The number of hydrogen-bond donors (Lipinski definition) is 2. The zero-order valence-corrected chi connectivity index (χ0v) is 16.6. The third-order valence-electron chi connectivity index (χ3n) is 4.13. The van der Waals surface area contributed by atoms with Crippen molar-refractivity contribution in [3.8, 4) is 17.0 Å². The zero-order chi connectivity index (χ0) is 21.1. The molecule has 1 unspecified atom stereocenters. The van der Waals surface area contributed by atoms with E-state index in [0.717, 1.165) is 5.56 Å². The number of hydrogen-bond acceptors (Lipinski definition) is 5. The van der Waals surface area contributed by atoms with Crippen LogP contribution in [0.1, 0.15) is 17.5 Å². The van der Waals surface area contributed by atoms with Gasteiger partial charge in [-0.3, -0.25) is 0 Å². The van der Waals surface area contributed by atoms with Crippen molar-refractivity contribution >= 4 is 28.9 Å². The van der Waals surface area contributed by atoms with Gasteiger partial charge in [-0.05, 0) is 17.7 Å². The summed E-state index contributed by atoms with van der Waals surface area (Å²) in [5.74, 6) is -2.25. The number of aromatic nitrogens is 1. The van der Waals surface area contributed by atoms with Crippen LogP contribution in [0.25, 0.3) is 11.3 Å². The largest absolute Gasteiger partial charge is 0.492 e. The number of anilines is 1. The number of nitrogens with zero attached hydrogens (tertiary/aromatic N) is 1. The van der Waals surface area contributed by atoms with E-state index >= 15 is 0 Å². The second kappa shape index (κ2) is 8.92. The summed E-state index contributed by atoms with van der Waals surface area (Å²) >= 11 is 11.9. The quantitative estimate of drug-likeness (QED) is 0.519. The van der Waals surface area contributed by atoms with Gasteiger partial charge in [0.25, 0.3) is 0 Å². The van der Waals surface area contributed by atoms with Crippen molar-refractivity contribution in [2.45, 2.75) is 12.9 Å². The highest BCUT2D eigenvalue weighted by Gasteiger charge is 2.26. The van der Waals surface area contributed by atoms with E-state index in [0.29, 0.717) is 0 Å². The highest BCUT2D eigenvalue weighted by molar-refractivity contribution is 6.34. The number of nitrogens with two attached hydrogens (primary N) is 1. The monoisotopic (exact) mass is 440 g/mol. The minimum atomic E-state index is -1.62. The van der Waals surface area contributed by atoms with Crippen LogP contribution in [0.3, 0.4) is 0 Å². The molecule has 0 amide bonds. The van der Waals surface area contributed by atoms with Gasteiger partial charge in [0.05, 0.1) is 29.4 Å². The van der Waals surface area contributed by atoms with E-state index in [1.54, 1.807) is 24.3 Å². The molecule has 0 bridgehead atoms. The van der Waals surface area contributed by atoms with E-state index in [1.165, 1.54) is 19.2 Å². The predicted octanol–water partition coefficient (Wildman–Crippen LogP) is 5.13. The van der Waals surface area contributed by atoms with E-state index < -0.39 is 29.3 Å². The SMILES string of the molecule is COc1c(Cl)ccc(-c2nc(C(O)OCc3ccccc3)c(Cl)c(N)c2F)c1F. The normalized spacial score (nSPS) is 12.1. The molecule has 9 heteroatoms. The third-order valence-corrected chi connectivity index (χ3v) is 4.83. The van der Waals surface area contributed by atoms with Crippen LogP contribution >= 0.6 is 23.2 Å². The highest BCUT2D eigenvalue weighted by atomic mass is 35.5. The topological polar surface area (TPSA) is 77.6 Å². The molecule has 3 aromatic rings. The minimum Gasteiger partial charge on any atom is -0.492 e. The fraction of sp³-hybridized carbons (Fsp3) is 0.150. The summed E-state index contributed by atoms with van der Waals surface area (Å²) in [5, 5.41) is 10.1. The van der Waals surface area contributed by atoms with Gasteiger partial charge in [-0.2, -0.15) is 0 Å². The first kappa shape index (κ1) is 21.3. The van der Waals surface area contributed by atoms with Gasteiger partial charge in [0, 0.05) is 5.56 Å². The summed E-state index contributed by atoms with van der Waals surface area (Å²) in [6, 6.07) is 11.6. The maximum Gasteiger partial charge on any atom is 0.200 e. The van der Waals surface area contributed by atoms with Gasteiger partial charge < -0.3 is 20.3 Å². The van der Waals surface area contributed by atoms with Gasteiger partial charge in [0.1, 0.15) is 11.4 Å². The van der Waals surface area contributed by atoms with Gasteiger partial charge >= 0.3 is 0 Å².